The fourth-order valence-corrected chi connectivity index (χ4v) is 5.45. The summed E-state index contributed by atoms with van der Waals surface area (Å²) in [4.78, 5) is 14.9. The Labute approximate surface area is 218 Å². The van der Waals surface area contributed by atoms with E-state index in [0.717, 1.165) is 70.0 Å². The summed E-state index contributed by atoms with van der Waals surface area (Å²) in [5.74, 6) is -0.654. The highest BCUT2D eigenvalue weighted by Gasteiger charge is 2.16. The number of nitrogens with zero attached hydrogens (tertiary/aromatic N) is 4. The lowest BCUT2D eigenvalue weighted by molar-refractivity contribution is 0.331. The second-order valence-electron chi connectivity index (χ2n) is 9.90. The molecule has 0 amide bonds. The second kappa shape index (κ2) is 9.08. The van der Waals surface area contributed by atoms with Gasteiger partial charge in [-0.1, -0.05) is 6.07 Å². The first kappa shape index (κ1) is 22.6. The Kier molecular flexibility index (Phi) is 5.40. The van der Waals surface area contributed by atoms with Crippen molar-refractivity contribution in [2.24, 2.45) is 0 Å². The van der Waals surface area contributed by atoms with Gasteiger partial charge in [0.05, 0.1) is 16.9 Å². The summed E-state index contributed by atoms with van der Waals surface area (Å²) in [5.41, 5.74) is 7.84. The number of phenolic OH excluding ortho intramolecular Hbond substituents is 1. The highest BCUT2D eigenvalue weighted by atomic mass is 19.1. The van der Waals surface area contributed by atoms with Crippen LogP contribution in [0, 0.1) is 5.82 Å². The van der Waals surface area contributed by atoms with Crippen molar-refractivity contribution < 1.29 is 9.50 Å². The van der Waals surface area contributed by atoms with Crippen LogP contribution < -0.4 is 0 Å². The van der Waals surface area contributed by atoms with E-state index in [2.05, 4.69) is 48.2 Å². The van der Waals surface area contributed by atoms with E-state index in [9.17, 15) is 9.50 Å². The molecule has 0 radical (unpaired) electrons. The minimum Gasteiger partial charge on any atom is -0.508 e. The van der Waals surface area contributed by atoms with Crippen molar-refractivity contribution in [3.8, 4) is 39.5 Å². The first-order chi connectivity index (χ1) is 18.6. The average molecular weight is 505 g/mol. The molecular weight excluding hydrogens is 479 g/mol. The Hall–Kier alpha value is -4.56. The molecule has 7 rings (SSSR count). The van der Waals surface area contributed by atoms with Gasteiger partial charge in [-0.3, -0.25) is 20.0 Å². The molecule has 8 heteroatoms. The summed E-state index contributed by atoms with van der Waals surface area (Å²) in [6, 6.07) is 16.3. The normalized spacial score (nSPS) is 14.1. The average Bonchev–Trinajstić information content (AvgIpc) is 3.67. The number of halogens is 1. The number of hydrogen-bond donors (Lipinski definition) is 3. The van der Waals surface area contributed by atoms with Gasteiger partial charge in [0.1, 0.15) is 17.3 Å². The van der Waals surface area contributed by atoms with Gasteiger partial charge in [-0.2, -0.15) is 5.10 Å². The number of hydrogen-bond acceptors (Lipinski definition) is 5. The number of H-pyrrole nitrogens is 2. The lowest BCUT2D eigenvalue weighted by Gasteiger charge is -2.14. The number of benzene rings is 2. The molecule has 6 aromatic rings. The molecule has 4 aromatic heterocycles. The second-order valence-corrected chi connectivity index (χ2v) is 9.90. The van der Waals surface area contributed by atoms with Gasteiger partial charge in [-0.05, 0) is 79.5 Å². The Balaban J connectivity index is 1.28. The lowest BCUT2D eigenvalue weighted by atomic mass is 10.0. The Bertz CT molecular complexity index is 1780. The Morgan fingerprint density at radius 3 is 2.58 bits per heavy atom. The smallest absolute Gasteiger partial charge is 0.127 e. The quantitative estimate of drug-likeness (QED) is 0.257. The third-order valence-electron chi connectivity index (χ3n) is 7.26. The van der Waals surface area contributed by atoms with Gasteiger partial charge in [0.15, 0.2) is 0 Å². The highest BCUT2D eigenvalue weighted by molar-refractivity contribution is 6.00. The number of aromatic hydroxyl groups is 1. The standard InChI is InChI=1S/C30H25FN6O/c31-22-10-20(11-23(38)13-22)29-25-14-28(34-26(25)5-6-33-29)30-24-12-19(3-4-27(24)35-36-30)21-9-18(15-32-16-21)17-37-7-1-2-8-37/h3-6,9-16,34,38H,1-2,7-8,17H2,(H,35,36). The minimum absolute atomic E-state index is 0.139. The number of nitrogens with one attached hydrogen (secondary N) is 2. The summed E-state index contributed by atoms with van der Waals surface area (Å²) < 4.78 is 14.0. The molecule has 3 N–H and O–H groups in total. The van der Waals surface area contributed by atoms with Crippen LogP contribution in [0.1, 0.15) is 18.4 Å². The fraction of sp³-hybridized carbons (Fsp3) is 0.167. The fourth-order valence-electron chi connectivity index (χ4n) is 5.45. The van der Waals surface area contributed by atoms with Crippen LogP contribution in [-0.4, -0.2) is 48.2 Å². The summed E-state index contributed by atoms with van der Waals surface area (Å²) in [5, 5.41) is 19.5. The van der Waals surface area contributed by atoms with E-state index < -0.39 is 5.82 Å². The van der Waals surface area contributed by atoms with Crippen LogP contribution in [0.15, 0.2) is 73.2 Å². The molecule has 188 valence electrons. The molecule has 1 aliphatic heterocycles. The van der Waals surface area contributed by atoms with Crippen LogP contribution in [0.3, 0.4) is 0 Å². The van der Waals surface area contributed by atoms with Gasteiger partial charge in [-0.25, -0.2) is 4.39 Å². The van der Waals surface area contributed by atoms with Gasteiger partial charge in [0, 0.05) is 58.6 Å². The first-order valence-corrected chi connectivity index (χ1v) is 12.7. The van der Waals surface area contributed by atoms with Crippen LogP contribution >= 0.6 is 0 Å². The number of likely N-dealkylation sites (tertiary alicyclic amines) is 1. The van der Waals surface area contributed by atoms with E-state index in [1.807, 2.05) is 30.6 Å². The molecule has 0 atom stereocenters. The van der Waals surface area contributed by atoms with Crippen molar-refractivity contribution in [3.63, 3.8) is 0 Å². The summed E-state index contributed by atoms with van der Waals surface area (Å²) in [6.45, 7) is 3.22. The maximum atomic E-state index is 14.0. The van der Waals surface area contributed by atoms with Crippen molar-refractivity contribution in [1.82, 2.24) is 30.0 Å². The van der Waals surface area contributed by atoms with E-state index in [-0.39, 0.29) is 5.75 Å². The molecular formula is C30H25FN6O. The van der Waals surface area contributed by atoms with Crippen LogP contribution in [0.5, 0.6) is 5.75 Å². The van der Waals surface area contributed by atoms with Crippen LogP contribution in [0.25, 0.3) is 55.6 Å². The Morgan fingerprint density at radius 1 is 0.842 bits per heavy atom. The van der Waals surface area contributed by atoms with Crippen molar-refractivity contribution in [3.05, 3.63) is 84.6 Å². The Morgan fingerprint density at radius 2 is 1.71 bits per heavy atom. The molecule has 2 aromatic carbocycles. The van der Waals surface area contributed by atoms with Crippen molar-refractivity contribution in [1.29, 1.82) is 0 Å². The van der Waals surface area contributed by atoms with Crippen molar-refractivity contribution >= 4 is 21.8 Å². The zero-order chi connectivity index (χ0) is 25.6. The zero-order valence-corrected chi connectivity index (χ0v) is 20.6. The monoisotopic (exact) mass is 504 g/mol. The van der Waals surface area contributed by atoms with Gasteiger partial charge in [0.2, 0.25) is 0 Å². The summed E-state index contributed by atoms with van der Waals surface area (Å²) in [7, 11) is 0. The van der Waals surface area contributed by atoms with Crippen LogP contribution in [0.2, 0.25) is 0 Å². The largest absolute Gasteiger partial charge is 0.508 e. The molecule has 0 saturated carbocycles. The molecule has 38 heavy (non-hydrogen) atoms. The van der Waals surface area contributed by atoms with E-state index in [1.165, 1.54) is 30.5 Å². The number of fused-ring (bicyclic) bond motifs is 2. The number of phenols is 1. The van der Waals surface area contributed by atoms with Gasteiger partial charge in [-0.15, -0.1) is 0 Å². The van der Waals surface area contributed by atoms with Crippen LogP contribution in [0.4, 0.5) is 4.39 Å². The van der Waals surface area contributed by atoms with Gasteiger partial charge < -0.3 is 10.1 Å². The molecule has 1 fully saturated rings. The third-order valence-corrected chi connectivity index (χ3v) is 7.26. The van der Waals surface area contributed by atoms with E-state index in [0.29, 0.717) is 11.3 Å². The summed E-state index contributed by atoms with van der Waals surface area (Å²) in [6.07, 6.45) is 8.07. The lowest BCUT2D eigenvalue weighted by Crippen LogP contribution is -2.18. The summed E-state index contributed by atoms with van der Waals surface area (Å²) >= 11 is 0. The number of rotatable bonds is 5. The molecule has 0 bridgehead atoms. The van der Waals surface area contributed by atoms with Gasteiger partial charge in [0.25, 0.3) is 0 Å². The van der Waals surface area contributed by atoms with E-state index in [1.54, 1.807) is 6.20 Å². The van der Waals surface area contributed by atoms with E-state index >= 15 is 0 Å². The predicted octanol–water partition coefficient (Wildman–Crippen LogP) is 6.28. The maximum Gasteiger partial charge on any atom is 0.127 e. The molecule has 0 aliphatic carbocycles. The number of pyridine rings is 2. The van der Waals surface area contributed by atoms with Crippen LogP contribution in [-0.2, 0) is 6.54 Å². The molecule has 1 aliphatic rings. The molecule has 1 saturated heterocycles. The van der Waals surface area contributed by atoms with Gasteiger partial charge >= 0.3 is 0 Å². The van der Waals surface area contributed by atoms with Crippen molar-refractivity contribution in [2.45, 2.75) is 19.4 Å². The minimum atomic E-state index is -0.514. The predicted molar refractivity (Wildman–Crippen MR) is 146 cm³/mol. The SMILES string of the molecule is Oc1cc(F)cc(-c2nccc3[nH]c(-c4n[nH]c5ccc(-c6cncc(CN7CCCC7)c6)cc45)cc23)c1. The van der Waals surface area contributed by atoms with Crippen molar-refractivity contribution in [2.75, 3.05) is 13.1 Å². The third kappa shape index (κ3) is 4.09. The molecule has 7 nitrogen and oxygen atoms in total. The molecule has 5 heterocycles. The highest BCUT2D eigenvalue weighted by Crippen LogP contribution is 2.35. The maximum absolute atomic E-state index is 14.0. The number of aromatic nitrogens is 5. The molecule has 0 unspecified atom stereocenters. The zero-order valence-electron chi connectivity index (χ0n) is 20.6. The number of aromatic amines is 2. The topological polar surface area (TPSA) is 93.7 Å². The first-order valence-electron chi connectivity index (χ1n) is 12.7. The van der Waals surface area contributed by atoms with E-state index in [4.69, 9.17) is 0 Å². The molecule has 0 spiro atoms.